The second-order valence-corrected chi connectivity index (χ2v) is 5.59. The molecule has 0 fully saturated rings. The van der Waals surface area contributed by atoms with Gasteiger partial charge in [0.1, 0.15) is 11.6 Å². The van der Waals surface area contributed by atoms with Crippen molar-refractivity contribution in [1.29, 1.82) is 0 Å². The summed E-state index contributed by atoms with van der Waals surface area (Å²) >= 11 is 6.06. The fourth-order valence-corrected chi connectivity index (χ4v) is 2.73. The van der Waals surface area contributed by atoms with Crippen molar-refractivity contribution in [3.8, 4) is 11.4 Å². The van der Waals surface area contributed by atoms with Crippen LogP contribution in [0.4, 0.5) is 8.78 Å². The van der Waals surface area contributed by atoms with Crippen LogP contribution in [0.15, 0.2) is 39.3 Å². The van der Waals surface area contributed by atoms with Gasteiger partial charge in [-0.25, -0.2) is 13.8 Å². The van der Waals surface area contributed by atoms with E-state index in [1.165, 1.54) is 6.07 Å². The normalized spacial score (nSPS) is 11.2. The zero-order valence-electron chi connectivity index (χ0n) is 9.35. The second kappa shape index (κ2) is 4.68. The Morgan fingerprint density at radius 2 is 1.84 bits per heavy atom. The summed E-state index contributed by atoms with van der Waals surface area (Å²) in [6.45, 7) is 0. The highest BCUT2D eigenvalue weighted by atomic mass is 79.9. The van der Waals surface area contributed by atoms with E-state index in [9.17, 15) is 8.78 Å². The fourth-order valence-electron chi connectivity index (χ4n) is 1.85. The molecule has 19 heavy (non-hydrogen) atoms. The zero-order valence-corrected chi connectivity index (χ0v) is 12.5. The fraction of sp³-hybridized carbons (Fsp3) is 0. The van der Waals surface area contributed by atoms with Gasteiger partial charge in [-0.3, -0.25) is 0 Å². The van der Waals surface area contributed by atoms with Crippen LogP contribution in [-0.2, 0) is 0 Å². The number of para-hydroxylation sites is 2. The Bertz CT molecular complexity index is 751. The maximum atomic E-state index is 14.2. The Labute approximate surface area is 124 Å². The maximum absolute atomic E-state index is 14.2. The van der Waals surface area contributed by atoms with Crippen LogP contribution in [0.5, 0.6) is 0 Å². The lowest BCUT2D eigenvalue weighted by Crippen LogP contribution is -1.93. The average molecular weight is 388 g/mol. The van der Waals surface area contributed by atoms with Crippen molar-refractivity contribution < 1.29 is 8.78 Å². The highest BCUT2D eigenvalue weighted by Crippen LogP contribution is 2.35. The molecule has 6 heteroatoms. The minimum atomic E-state index is -0.689. The van der Waals surface area contributed by atoms with E-state index in [0.717, 1.165) is 11.0 Å². The number of aromatic amines is 1. The summed E-state index contributed by atoms with van der Waals surface area (Å²) in [7, 11) is 0. The first-order valence-corrected chi connectivity index (χ1v) is 6.94. The van der Waals surface area contributed by atoms with Crippen molar-refractivity contribution in [3.63, 3.8) is 0 Å². The van der Waals surface area contributed by atoms with Crippen LogP contribution >= 0.6 is 31.9 Å². The van der Waals surface area contributed by atoms with E-state index in [4.69, 9.17) is 0 Å². The van der Waals surface area contributed by atoms with Gasteiger partial charge in [-0.2, -0.15) is 0 Å². The number of rotatable bonds is 1. The van der Waals surface area contributed by atoms with Crippen LogP contribution in [0.1, 0.15) is 0 Å². The number of hydrogen-bond acceptors (Lipinski definition) is 1. The number of fused-ring (bicyclic) bond motifs is 1. The van der Waals surface area contributed by atoms with E-state index in [2.05, 4.69) is 41.8 Å². The molecule has 0 aliphatic heterocycles. The lowest BCUT2D eigenvalue weighted by atomic mass is 10.2. The smallest absolute Gasteiger partial charge is 0.152 e. The lowest BCUT2D eigenvalue weighted by Gasteiger charge is -2.05. The number of H-pyrrole nitrogens is 1. The van der Waals surface area contributed by atoms with E-state index in [-0.39, 0.29) is 10.0 Å². The minimum absolute atomic E-state index is 0.199. The molecule has 3 rings (SSSR count). The Kier molecular flexibility index (Phi) is 3.14. The monoisotopic (exact) mass is 386 g/mol. The number of halogens is 4. The van der Waals surface area contributed by atoms with E-state index in [0.29, 0.717) is 10.3 Å². The van der Waals surface area contributed by atoms with Gasteiger partial charge in [0.05, 0.1) is 21.1 Å². The summed E-state index contributed by atoms with van der Waals surface area (Å²) in [6, 6.07) is 8.57. The molecule has 0 aliphatic rings. The van der Waals surface area contributed by atoms with Crippen LogP contribution in [0.2, 0.25) is 0 Å². The highest BCUT2D eigenvalue weighted by Gasteiger charge is 2.19. The van der Waals surface area contributed by atoms with E-state index in [1.807, 2.05) is 24.3 Å². The number of nitrogens with zero attached hydrogens (tertiary/aromatic N) is 1. The van der Waals surface area contributed by atoms with Crippen molar-refractivity contribution in [2.24, 2.45) is 0 Å². The molecule has 0 amide bonds. The Balaban J connectivity index is 2.29. The third kappa shape index (κ3) is 2.08. The summed E-state index contributed by atoms with van der Waals surface area (Å²) in [6.07, 6.45) is 0. The van der Waals surface area contributed by atoms with Gasteiger partial charge in [0.25, 0.3) is 0 Å². The minimum Gasteiger partial charge on any atom is -0.338 e. The summed E-state index contributed by atoms with van der Waals surface area (Å²) in [5, 5.41) is 0. The largest absolute Gasteiger partial charge is 0.338 e. The van der Waals surface area contributed by atoms with Gasteiger partial charge in [-0.15, -0.1) is 0 Å². The van der Waals surface area contributed by atoms with Crippen LogP contribution in [0.3, 0.4) is 0 Å². The van der Waals surface area contributed by atoms with Crippen molar-refractivity contribution >= 4 is 42.9 Å². The molecule has 0 radical (unpaired) electrons. The molecule has 3 aromatic rings. The van der Waals surface area contributed by atoms with E-state index < -0.39 is 11.6 Å². The van der Waals surface area contributed by atoms with Gasteiger partial charge in [-0.1, -0.05) is 12.1 Å². The number of aromatic nitrogens is 2. The van der Waals surface area contributed by atoms with Gasteiger partial charge >= 0.3 is 0 Å². The molecule has 0 bridgehead atoms. The molecule has 0 saturated carbocycles. The standard InChI is InChI=1S/C13H6Br2F2N2/c14-6-5-7(16)11(15)12(17)10(6)13-18-8-3-1-2-4-9(8)19-13/h1-5H,(H,18,19). The van der Waals surface area contributed by atoms with Crippen molar-refractivity contribution in [2.45, 2.75) is 0 Å². The third-order valence-corrected chi connectivity index (χ3v) is 4.09. The quantitative estimate of drug-likeness (QED) is 0.460. The predicted molar refractivity (Wildman–Crippen MR) is 76.8 cm³/mol. The van der Waals surface area contributed by atoms with Crippen LogP contribution in [0.25, 0.3) is 22.4 Å². The number of imidazole rings is 1. The molecule has 1 heterocycles. The molecule has 0 unspecified atom stereocenters. The van der Waals surface area contributed by atoms with Crippen LogP contribution in [0, 0.1) is 11.6 Å². The van der Waals surface area contributed by atoms with Gasteiger partial charge in [0, 0.05) is 4.47 Å². The molecule has 0 atom stereocenters. The van der Waals surface area contributed by atoms with Crippen LogP contribution < -0.4 is 0 Å². The first kappa shape index (κ1) is 12.7. The molecule has 96 valence electrons. The van der Waals surface area contributed by atoms with Gasteiger partial charge in [0.15, 0.2) is 5.82 Å². The van der Waals surface area contributed by atoms with E-state index in [1.54, 1.807) is 0 Å². The second-order valence-electron chi connectivity index (χ2n) is 3.95. The molecule has 0 aliphatic carbocycles. The summed E-state index contributed by atoms with van der Waals surface area (Å²) < 4.78 is 27.7. The number of benzene rings is 2. The zero-order chi connectivity index (χ0) is 13.6. The Hall–Kier alpha value is -1.27. The topological polar surface area (TPSA) is 28.7 Å². The Morgan fingerprint density at radius 3 is 2.58 bits per heavy atom. The summed E-state index contributed by atoms with van der Waals surface area (Å²) in [5.74, 6) is -0.999. The average Bonchev–Trinajstić information content (AvgIpc) is 2.79. The third-order valence-electron chi connectivity index (χ3n) is 2.74. The first-order valence-electron chi connectivity index (χ1n) is 5.36. The van der Waals surface area contributed by atoms with Gasteiger partial charge in [0.2, 0.25) is 0 Å². The van der Waals surface area contributed by atoms with Gasteiger partial charge < -0.3 is 4.98 Å². The molecule has 2 aromatic carbocycles. The highest BCUT2D eigenvalue weighted by molar-refractivity contribution is 9.11. The summed E-state index contributed by atoms with van der Waals surface area (Å²) in [5.41, 5.74) is 1.72. The molecular formula is C13H6Br2F2N2. The number of hydrogen-bond donors (Lipinski definition) is 1. The molecule has 0 saturated heterocycles. The number of nitrogens with one attached hydrogen (secondary N) is 1. The molecule has 1 aromatic heterocycles. The lowest BCUT2D eigenvalue weighted by molar-refractivity contribution is 0.572. The van der Waals surface area contributed by atoms with Gasteiger partial charge in [-0.05, 0) is 50.1 Å². The summed E-state index contributed by atoms with van der Waals surface area (Å²) in [4.78, 5) is 7.32. The maximum Gasteiger partial charge on any atom is 0.152 e. The molecule has 2 nitrogen and oxygen atoms in total. The first-order chi connectivity index (χ1) is 9.08. The predicted octanol–water partition coefficient (Wildman–Crippen LogP) is 5.03. The molecular weight excluding hydrogens is 382 g/mol. The molecule has 1 N–H and O–H groups in total. The Morgan fingerprint density at radius 1 is 1.11 bits per heavy atom. The van der Waals surface area contributed by atoms with Crippen molar-refractivity contribution in [1.82, 2.24) is 9.97 Å². The van der Waals surface area contributed by atoms with E-state index >= 15 is 0 Å². The SMILES string of the molecule is Fc1cc(Br)c(-c2nc3ccccc3[nH]2)c(F)c1Br. The van der Waals surface area contributed by atoms with Crippen molar-refractivity contribution in [2.75, 3.05) is 0 Å². The van der Waals surface area contributed by atoms with Crippen molar-refractivity contribution in [3.05, 3.63) is 50.9 Å². The van der Waals surface area contributed by atoms with Crippen LogP contribution in [-0.4, -0.2) is 9.97 Å². The molecule has 0 spiro atoms.